The van der Waals surface area contributed by atoms with Crippen molar-refractivity contribution in [3.05, 3.63) is 276 Å². The lowest BCUT2D eigenvalue weighted by atomic mass is 9.64. The number of hydrogen-bond donors (Lipinski definition) is 0. The molecule has 0 saturated carbocycles. The van der Waals surface area contributed by atoms with Crippen LogP contribution in [0.3, 0.4) is 0 Å². The highest BCUT2D eigenvalue weighted by Gasteiger charge is 2.52. The minimum Gasteiger partial charge on any atom is -0.310 e. The lowest BCUT2D eigenvalue weighted by Crippen LogP contribution is -2.36. The molecule has 2 heteroatoms. The fourth-order valence-corrected chi connectivity index (χ4v) is 11.7. The number of rotatable bonds is 6. The van der Waals surface area contributed by atoms with Crippen LogP contribution in [-0.2, 0) is 10.8 Å². The van der Waals surface area contributed by atoms with Crippen LogP contribution in [0.2, 0.25) is 0 Å². The third-order valence-electron chi connectivity index (χ3n) is 14.7. The van der Waals surface area contributed by atoms with Gasteiger partial charge >= 0.3 is 0 Å². The van der Waals surface area contributed by atoms with E-state index in [4.69, 9.17) is 0 Å². The Kier molecular flexibility index (Phi) is 8.51. The number of hydrogen-bond acceptors (Lipinski definition) is 2. The molecule has 0 unspecified atom stereocenters. The van der Waals surface area contributed by atoms with E-state index in [1.807, 2.05) is 0 Å². The highest BCUT2D eigenvalue weighted by atomic mass is 15.2. The Bertz CT molecular complexity index is 3460. The molecule has 1 aliphatic heterocycles. The average molecular weight is 843 g/mol. The second-order valence-electron chi connectivity index (χ2n) is 18.4. The minimum absolute atomic E-state index is 0.156. The van der Waals surface area contributed by atoms with Gasteiger partial charge in [0.2, 0.25) is 0 Å². The topological polar surface area (TPSA) is 6.48 Å². The quantitative estimate of drug-likeness (QED) is 0.165. The highest BCUT2D eigenvalue weighted by Crippen LogP contribution is 2.65. The zero-order valence-electron chi connectivity index (χ0n) is 37.0. The van der Waals surface area contributed by atoms with Gasteiger partial charge in [-0.25, -0.2) is 0 Å². The van der Waals surface area contributed by atoms with Gasteiger partial charge in [0.25, 0.3) is 0 Å². The van der Waals surface area contributed by atoms with Crippen molar-refractivity contribution >= 4 is 34.1 Å². The number of para-hydroxylation sites is 3. The van der Waals surface area contributed by atoms with E-state index >= 15 is 0 Å². The van der Waals surface area contributed by atoms with Crippen molar-refractivity contribution in [2.24, 2.45) is 0 Å². The molecule has 3 aliphatic rings. The Balaban J connectivity index is 1.04. The summed E-state index contributed by atoms with van der Waals surface area (Å²) in [6.45, 7) is 4.75. The van der Waals surface area contributed by atoms with Crippen molar-refractivity contribution in [2.75, 3.05) is 9.80 Å². The molecule has 0 fully saturated rings. The molecule has 1 spiro atoms. The molecule has 312 valence electrons. The summed E-state index contributed by atoms with van der Waals surface area (Å²) in [5.74, 6) is 0. The maximum atomic E-state index is 2.52. The van der Waals surface area contributed by atoms with E-state index < -0.39 is 5.41 Å². The van der Waals surface area contributed by atoms with E-state index in [9.17, 15) is 0 Å². The molecule has 0 amide bonds. The molecule has 66 heavy (non-hydrogen) atoms. The molecule has 10 aromatic rings. The average Bonchev–Trinajstić information content (AvgIpc) is 3.80. The molecule has 0 saturated heterocycles. The Morgan fingerprint density at radius 3 is 1.53 bits per heavy atom. The highest BCUT2D eigenvalue weighted by molar-refractivity contribution is 6.01. The summed E-state index contributed by atoms with van der Waals surface area (Å²) < 4.78 is 0. The van der Waals surface area contributed by atoms with E-state index in [0.29, 0.717) is 0 Å². The van der Waals surface area contributed by atoms with Crippen LogP contribution < -0.4 is 9.80 Å². The van der Waals surface area contributed by atoms with Gasteiger partial charge in [0.15, 0.2) is 0 Å². The van der Waals surface area contributed by atoms with E-state index in [1.165, 1.54) is 89.3 Å². The van der Waals surface area contributed by atoms with E-state index in [0.717, 1.165) is 22.7 Å². The summed E-state index contributed by atoms with van der Waals surface area (Å²) >= 11 is 0. The second kappa shape index (κ2) is 14.7. The summed E-state index contributed by atoms with van der Waals surface area (Å²) in [7, 11) is 0. The largest absolute Gasteiger partial charge is 0.310 e. The Morgan fingerprint density at radius 2 is 0.833 bits per heavy atom. The third-order valence-corrected chi connectivity index (χ3v) is 14.7. The van der Waals surface area contributed by atoms with Gasteiger partial charge in [0.05, 0.1) is 22.5 Å². The van der Waals surface area contributed by atoms with Gasteiger partial charge < -0.3 is 9.80 Å². The molecule has 0 N–H and O–H groups in total. The van der Waals surface area contributed by atoms with Gasteiger partial charge in [-0.15, -0.1) is 0 Å². The lowest BCUT2D eigenvalue weighted by molar-refractivity contribution is 0.660. The van der Waals surface area contributed by atoms with Crippen molar-refractivity contribution < 1.29 is 0 Å². The van der Waals surface area contributed by atoms with Gasteiger partial charge in [-0.3, -0.25) is 0 Å². The number of nitrogens with zero attached hydrogens (tertiary/aromatic N) is 2. The molecule has 2 nitrogen and oxygen atoms in total. The summed E-state index contributed by atoms with van der Waals surface area (Å²) in [5.41, 5.74) is 24.1. The normalized spacial score (nSPS) is 14.1. The molecule has 2 aliphatic carbocycles. The predicted molar refractivity (Wildman–Crippen MR) is 275 cm³/mol. The monoisotopic (exact) mass is 842 g/mol. The van der Waals surface area contributed by atoms with Crippen LogP contribution in [0.5, 0.6) is 0 Å². The van der Waals surface area contributed by atoms with Crippen LogP contribution in [0.1, 0.15) is 47.2 Å². The number of fused-ring (bicyclic) bond motifs is 12. The molecule has 13 rings (SSSR count). The fraction of sp³-hybridized carbons (Fsp3) is 0.0625. The zero-order chi connectivity index (χ0) is 44.0. The summed E-state index contributed by atoms with van der Waals surface area (Å²) in [6.07, 6.45) is 0. The van der Waals surface area contributed by atoms with Gasteiger partial charge in [-0.05, 0) is 133 Å². The molecule has 0 bridgehead atoms. The van der Waals surface area contributed by atoms with E-state index in [2.05, 4.69) is 266 Å². The van der Waals surface area contributed by atoms with Crippen LogP contribution in [0.15, 0.2) is 243 Å². The first kappa shape index (κ1) is 38.3. The van der Waals surface area contributed by atoms with Crippen molar-refractivity contribution in [1.29, 1.82) is 0 Å². The van der Waals surface area contributed by atoms with Crippen molar-refractivity contribution in [2.45, 2.75) is 24.7 Å². The lowest BCUT2D eigenvalue weighted by Gasteiger charge is -2.45. The predicted octanol–water partition coefficient (Wildman–Crippen LogP) is 16.9. The fourth-order valence-electron chi connectivity index (χ4n) is 11.7. The Hall–Kier alpha value is -8.20. The summed E-state index contributed by atoms with van der Waals surface area (Å²) in [5, 5.41) is 0. The maximum Gasteiger partial charge on any atom is 0.0755 e. The van der Waals surface area contributed by atoms with Gasteiger partial charge in [-0.1, -0.05) is 196 Å². The second-order valence-corrected chi connectivity index (χ2v) is 18.4. The van der Waals surface area contributed by atoms with Crippen molar-refractivity contribution in [3.63, 3.8) is 0 Å². The first-order valence-corrected chi connectivity index (χ1v) is 23.1. The standard InChI is InChI=1S/C64H46N2/c1-63(2)53-27-11-9-25-50(53)51-40-39-49(42-58(51)63)65(48-37-35-44(36-38-48)46-22-17-21-45(41-46)43-19-5-3-6-20-43)61-34-18-31-57-62(61)52-26-10-12-28-54(52)64(57)55-29-13-15-32-59(55)66(47-23-7-4-8-24-47)60-33-16-14-30-56(60)64/h3-42H,1-2H3. The first-order chi connectivity index (χ1) is 32.5. The maximum absolute atomic E-state index is 2.52. The SMILES string of the molecule is CC1(C)c2ccccc2-c2ccc(N(c3ccc(-c4cccc(-c5ccccc5)c4)cc3)c3cccc4c3-c3ccccc3C43c4ccccc4N(c4ccccc4)c4ccccc43)cc21. The van der Waals surface area contributed by atoms with E-state index in [1.54, 1.807) is 0 Å². The first-order valence-electron chi connectivity index (χ1n) is 23.1. The molecule has 0 aromatic heterocycles. The van der Waals surface area contributed by atoms with Gasteiger partial charge in [0.1, 0.15) is 0 Å². The van der Waals surface area contributed by atoms with Gasteiger partial charge in [-0.2, -0.15) is 0 Å². The summed E-state index contributed by atoms with van der Waals surface area (Å²) in [4.78, 5) is 4.98. The third kappa shape index (κ3) is 5.48. The molecule has 0 radical (unpaired) electrons. The molecule has 0 atom stereocenters. The number of anilines is 6. The molecular weight excluding hydrogens is 797 g/mol. The Labute approximate surface area is 387 Å². The van der Waals surface area contributed by atoms with Crippen molar-refractivity contribution in [1.82, 2.24) is 0 Å². The van der Waals surface area contributed by atoms with Crippen LogP contribution in [0, 0.1) is 0 Å². The van der Waals surface area contributed by atoms with E-state index in [-0.39, 0.29) is 5.41 Å². The summed E-state index contributed by atoms with van der Waals surface area (Å²) in [6, 6.07) is 90.0. The minimum atomic E-state index is -0.568. The van der Waals surface area contributed by atoms with Gasteiger partial charge in [0, 0.05) is 28.0 Å². The van der Waals surface area contributed by atoms with Crippen LogP contribution in [0.4, 0.5) is 34.1 Å². The van der Waals surface area contributed by atoms with Crippen LogP contribution >= 0.6 is 0 Å². The molecular formula is C64H46N2. The smallest absolute Gasteiger partial charge is 0.0755 e. The molecule has 10 aromatic carbocycles. The van der Waals surface area contributed by atoms with Crippen molar-refractivity contribution in [3.8, 4) is 44.5 Å². The van der Waals surface area contributed by atoms with Crippen LogP contribution in [-0.4, -0.2) is 0 Å². The number of benzene rings is 10. The zero-order valence-corrected chi connectivity index (χ0v) is 37.0. The Morgan fingerprint density at radius 1 is 0.333 bits per heavy atom. The van der Waals surface area contributed by atoms with Crippen LogP contribution in [0.25, 0.3) is 44.5 Å². The molecule has 1 heterocycles.